The van der Waals surface area contributed by atoms with E-state index in [0.717, 1.165) is 10.6 Å². The fourth-order valence-corrected chi connectivity index (χ4v) is 4.81. The number of carbonyl (C=O) groups is 1. The van der Waals surface area contributed by atoms with E-state index in [9.17, 15) is 22.4 Å². The summed E-state index contributed by atoms with van der Waals surface area (Å²) in [6.45, 7) is 0. The van der Waals surface area contributed by atoms with Gasteiger partial charge in [0, 0.05) is 55.5 Å². The number of halogens is 2. The average Bonchev–Trinajstić information content (AvgIpc) is 3.18. The molecule has 1 N–H and O–H groups in total. The zero-order valence-electron chi connectivity index (χ0n) is 19.2. The molecule has 8 nitrogen and oxygen atoms in total. The molecule has 11 heteroatoms. The zero-order chi connectivity index (χ0) is 25.7. The molecule has 2 heterocycles. The molecule has 2 aromatic heterocycles. The highest BCUT2D eigenvalue weighted by atomic mass is 79.9. The van der Waals surface area contributed by atoms with Gasteiger partial charge in [0.2, 0.25) is 10.0 Å². The number of aromatic nitrogens is 1. The molecule has 0 fully saturated rings. The Balaban J connectivity index is 2.12. The summed E-state index contributed by atoms with van der Waals surface area (Å²) in [6.07, 6.45) is 2.65. The molecule has 182 valence electrons. The minimum atomic E-state index is -3.67. The molecule has 0 bridgehead atoms. The maximum absolute atomic E-state index is 13.5. The van der Waals surface area contributed by atoms with Crippen LogP contribution in [0.25, 0.3) is 33.4 Å². The molecule has 35 heavy (non-hydrogen) atoms. The van der Waals surface area contributed by atoms with Crippen molar-refractivity contribution in [3.05, 3.63) is 74.9 Å². The second-order valence-electron chi connectivity index (χ2n) is 7.98. The number of nitrogens with one attached hydrogen (secondary N) is 1. The predicted octanol–water partition coefficient (Wildman–Crippen LogP) is 4.12. The van der Waals surface area contributed by atoms with Crippen LogP contribution < -0.4 is 15.2 Å². The van der Waals surface area contributed by atoms with E-state index in [1.165, 1.54) is 49.0 Å². The third kappa shape index (κ3) is 4.48. The number of anilines is 1. The van der Waals surface area contributed by atoms with Crippen molar-refractivity contribution in [1.29, 1.82) is 0 Å². The van der Waals surface area contributed by atoms with Crippen LogP contribution in [-0.2, 0) is 17.1 Å². The van der Waals surface area contributed by atoms with Crippen molar-refractivity contribution in [2.24, 2.45) is 7.05 Å². The van der Waals surface area contributed by atoms with Crippen LogP contribution in [0.2, 0.25) is 0 Å². The summed E-state index contributed by atoms with van der Waals surface area (Å²) in [4.78, 5) is 25.1. The highest BCUT2D eigenvalue weighted by Crippen LogP contribution is 2.41. The first-order valence-corrected chi connectivity index (χ1v) is 13.0. The lowest BCUT2D eigenvalue weighted by molar-refractivity contribution is 0.0964. The highest BCUT2D eigenvalue weighted by molar-refractivity contribution is 9.10. The van der Waals surface area contributed by atoms with Gasteiger partial charge in [-0.25, -0.2) is 12.8 Å². The Labute approximate surface area is 209 Å². The van der Waals surface area contributed by atoms with Crippen LogP contribution in [0, 0.1) is 5.82 Å². The van der Waals surface area contributed by atoms with Crippen LogP contribution in [0.3, 0.4) is 0 Å². The molecule has 0 saturated heterocycles. The van der Waals surface area contributed by atoms with Crippen molar-refractivity contribution < 1.29 is 22.0 Å². The summed E-state index contributed by atoms with van der Waals surface area (Å²) in [5.74, 6) is -0.656. The number of aryl methyl sites for hydroxylation is 1. The van der Waals surface area contributed by atoms with Gasteiger partial charge in [-0.15, -0.1) is 0 Å². The van der Waals surface area contributed by atoms with Crippen molar-refractivity contribution in [3.63, 3.8) is 0 Å². The Morgan fingerprint density at radius 3 is 2.37 bits per heavy atom. The Hall–Kier alpha value is -3.44. The summed E-state index contributed by atoms with van der Waals surface area (Å²) in [5, 5.41) is 3.02. The van der Waals surface area contributed by atoms with E-state index in [1.54, 1.807) is 25.4 Å². The minimum Gasteiger partial charge on any atom is -0.455 e. The van der Waals surface area contributed by atoms with E-state index in [0.29, 0.717) is 22.1 Å². The quantitative estimate of drug-likeness (QED) is 0.395. The SMILES string of the molecule is CNC(=O)c1c(-c2ccc(F)cc2)oc2cc(N(C)S(C)(=O)=O)c(-c3cc(Br)c(=O)n(C)c3)cc12. The summed E-state index contributed by atoms with van der Waals surface area (Å²) in [5.41, 5.74) is 1.98. The highest BCUT2D eigenvalue weighted by Gasteiger charge is 2.26. The number of sulfonamides is 1. The third-order valence-corrected chi connectivity index (χ3v) is 7.41. The lowest BCUT2D eigenvalue weighted by Crippen LogP contribution is -2.25. The second kappa shape index (κ2) is 8.97. The Kier molecular flexibility index (Phi) is 6.32. The summed E-state index contributed by atoms with van der Waals surface area (Å²) >= 11 is 3.26. The minimum absolute atomic E-state index is 0.214. The van der Waals surface area contributed by atoms with E-state index in [1.807, 2.05) is 0 Å². The molecule has 0 unspecified atom stereocenters. The summed E-state index contributed by atoms with van der Waals surface area (Å²) < 4.78 is 47.2. The molecule has 0 aliphatic rings. The molecule has 0 aliphatic carbocycles. The molecular weight excluding hydrogens is 541 g/mol. The molecule has 0 saturated carbocycles. The molecular formula is C24H21BrFN3O5S. The number of fused-ring (bicyclic) bond motifs is 1. The molecule has 0 atom stereocenters. The van der Waals surface area contributed by atoms with Crippen molar-refractivity contribution in [2.45, 2.75) is 0 Å². The molecule has 4 rings (SSSR count). The van der Waals surface area contributed by atoms with Gasteiger partial charge in [0.15, 0.2) is 0 Å². The Morgan fingerprint density at radius 1 is 1.14 bits per heavy atom. The van der Waals surface area contributed by atoms with E-state index in [-0.39, 0.29) is 32.6 Å². The largest absolute Gasteiger partial charge is 0.455 e. The Bertz CT molecular complexity index is 1620. The van der Waals surface area contributed by atoms with Crippen LogP contribution in [0.1, 0.15) is 10.4 Å². The topological polar surface area (TPSA) is 102 Å². The molecule has 0 aliphatic heterocycles. The van der Waals surface area contributed by atoms with Crippen molar-refractivity contribution in [3.8, 4) is 22.5 Å². The molecule has 0 spiro atoms. The van der Waals surface area contributed by atoms with Crippen LogP contribution in [0.15, 0.2) is 62.3 Å². The Morgan fingerprint density at radius 2 is 1.80 bits per heavy atom. The fourth-order valence-electron chi connectivity index (χ4n) is 3.78. The van der Waals surface area contributed by atoms with Crippen LogP contribution in [-0.4, -0.2) is 39.2 Å². The smallest absolute Gasteiger partial charge is 0.264 e. The van der Waals surface area contributed by atoms with Gasteiger partial charge in [-0.05, 0) is 52.3 Å². The van der Waals surface area contributed by atoms with E-state index >= 15 is 0 Å². The molecule has 2 aromatic carbocycles. The van der Waals surface area contributed by atoms with Gasteiger partial charge in [0.1, 0.15) is 17.2 Å². The van der Waals surface area contributed by atoms with Crippen molar-refractivity contribution >= 4 is 48.5 Å². The monoisotopic (exact) mass is 561 g/mol. The predicted molar refractivity (Wildman–Crippen MR) is 137 cm³/mol. The first kappa shape index (κ1) is 24.7. The molecule has 1 amide bonds. The van der Waals surface area contributed by atoms with Crippen LogP contribution in [0.5, 0.6) is 0 Å². The maximum atomic E-state index is 13.5. The summed E-state index contributed by atoms with van der Waals surface area (Å²) in [7, 11) is 0.787. The lowest BCUT2D eigenvalue weighted by atomic mass is 9.99. The number of amides is 1. The van der Waals surface area contributed by atoms with Gasteiger partial charge in [-0.2, -0.15) is 0 Å². The van der Waals surface area contributed by atoms with E-state index < -0.39 is 21.7 Å². The maximum Gasteiger partial charge on any atom is 0.264 e. The van der Waals surface area contributed by atoms with Gasteiger partial charge < -0.3 is 14.3 Å². The van der Waals surface area contributed by atoms with Crippen LogP contribution in [0.4, 0.5) is 10.1 Å². The first-order valence-electron chi connectivity index (χ1n) is 10.3. The lowest BCUT2D eigenvalue weighted by Gasteiger charge is -2.21. The number of pyridine rings is 1. The normalized spacial score (nSPS) is 11.6. The first-order chi connectivity index (χ1) is 16.4. The standard InChI is InChI=1S/C24H21BrFN3O5S/c1-27-23(30)21-17-10-16(14-9-18(25)24(31)28(2)12-14)19(29(3)35(4,32)33)11-20(17)34-22(21)13-5-7-15(26)8-6-13/h5-12H,1-4H3,(H,27,30). The number of hydrogen-bond donors (Lipinski definition) is 1. The number of hydrogen-bond acceptors (Lipinski definition) is 5. The molecule has 0 radical (unpaired) electrons. The van der Waals surface area contributed by atoms with Gasteiger partial charge in [-0.3, -0.25) is 13.9 Å². The number of benzene rings is 2. The van der Waals surface area contributed by atoms with Crippen LogP contribution >= 0.6 is 15.9 Å². The summed E-state index contributed by atoms with van der Waals surface area (Å²) in [6, 6.07) is 10.3. The number of rotatable bonds is 5. The van der Waals surface area contributed by atoms with Gasteiger partial charge in [0.25, 0.3) is 11.5 Å². The second-order valence-corrected chi connectivity index (χ2v) is 10.8. The third-order valence-electron chi connectivity index (χ3n) is 5.65. The van der Waals surface area contributed by atoms with Crippen molar-refractivity contribution in [2.75, 3.05) is 24.7 Å². The van der Waals surface area contributed by atoms with E-state index in [2.05, 4.69) is 21.2 Å². The number of nitrogens with zero attached hydrogens (tertiary/aromatic N) is 2. The van der Waals surface area contributed by atoms with Crippen molar-refractivity contribution in [1.82, 2.24) is 9.88 Å². The number of furan rings is 1. The fraction of sp³-hybridized carbons (Fsp3) is 0.167. The zero-order valence-corrected chi connectivity index (χ0v) is 21.6. The van der Waals surface area contributed by atoms with Gasteiger partial charge in [-0.1, -0.05) is 0 Å². The molecule has 4 aromatic rings. The van der Waals surface area contributed by atoms with Gasteiger partial charge >= 0.3 is 0 Å². The van der Waals surface area contributed by atoms with Gasteiger partial charge in [0.05, 0.1) is 22.0 Å². The number of carbonyl (C=O) groups excluding carboxylic acids is 1. The average molecular weight is 562 g/mol. The van der Waals surface area contributed by atoms with E-state index in [4.69, 9.17) is 4.42 Å².